The molecular formula is C48H54N10O12S. The molecule has 5 aromatic rings. The van der Waals surface area contributed by atoms with Gasteiger partial charge in [-0.3, -0.25) is 48.5 Å². The van der Waals surface area contributed by atoms with Crippen molar-refractivity contribution < 1.29 is 53.5 Å². The van der Waals surface area contributed by atoms with E-state index in [4.69, 9.17) is 11.5 Å². The van der Waals surface area contributed by atoms with E-state index < -0.39 is 113 Å². The standard InChI is InChI=1S/C48H54N10O12S/c1-71-20-19-35(54-46(66)36(23-30-26-51-34-12-6-5-11-32(30)34)53-41(60)27-52-44(64)33(50)21-29-15-17-31(59)18-16-29)45(65)55-37(24-43(62)63)47(67)56-38(22-28-9-3-2-4-10-28)48(68)57(42(61)25-49)39-13-7-8-14-40(39)58(69)70/h2-18,26,33,35-38,51,59H,19-25,27,49-50H2,1H3,(H,52,64)(H,53,60)(H,54,66)(H,55,65)(H,56,67)(H,62,63)/t33-,35-,36-,37-,38-/m0/s1. The van der Waals surface area contributed by atoms with Gasteiger partial charge in [0.1, 0.15) is 35.6 Å². The minimum absolute atomic E-state index is 0.0310. The number of aromatic amines is 1. The van der Waals surface area contributed by atoms with Crippen molar-refractivity contribution >= 4 is 81.4 Å². The van der Waals surface area contributed by atoms with Gasteiger partial charge in [-0.2, -0.15) is 11.8 Å². The van der Waals surface area contributed by atoms with E-state index in [1.54, 1.807) is 79.2 Å². The number of phenols is 1. The Morgan fingerprint density at radius 2 is 1.34 bits per heavy atom. The van der Waals surface area contributed by atoms with Crippen molar-refractivity contribution in [1.82, 2.24) is 31.6 Å². The molecule has 0 aliphatic carbocycles. The van der Waals surface area contributed by atoms with Gasteiger partial charge in [0.2, 0.25) is 35.4 Å². The van der Waals surface area contributed by atoms with Crippen LogP contribution in [0.25, 0.3) is 10.9 Å². The first-order chi connectivity index (χ1) is 34.0. The molecule has 12 N–H and O–H groups in total. The molecule has 5 atom stereocenters. The number of rotatable bonds is 25. The molecule has 0 unspecified atom stereocenters. The molecule has 1 heterocycles. The number of carbonyl (C=O) groups excluding carboxylic acids is 7. The number of carboxylic acid groups (broad SMARTS) is 1. The van der Waals surface area contributed by atoms with Gasteiger partial charge in [-0.15, -0.1) is 0 Å². The van der Waals surface area contributed by atoms with E-state index in [-0.39, 0.29) is 37.2 Å². The van der Waals surface area contributed by atoms with Crippen LogP contribution in [0.3, 0.4) is 0 Å². The summed E-state index contributed by atoms with van der Waals surface area (Å²) in [6, 6.07) is 18.8. The van der Waals surface area contributed by atoms with Gasteiger partial charge in [0.05, 0.1) is 30.5 Å². The Bertz CT molecular complexity index is 2720. The van der Waals surface area contributed by atoms with E-state index in [1.165, 1.54) is 36.0 Å². The van der Waals surface area contributed by atoms with Gasteiger partial charge in [-0.05, 0) is 65.8 Å². The van der Waals surface area contributed by atoms with E-state index >= 15 is 0 Å². The minimum atomic E-state index is -1.89. The van der Waals surface area contributed by atoms with E-state index in [9.17, 15) is 58.7 Å². The number of fused-ring (bicyclic) bond motifs is 1. The topological polar surface area (TPSA) is 351 Å². The fraction of sp³-hybridized carbons (Fsp3) is 0.292. The Labute approximate surface area is 410 Å². The number of imide groups is 1. The van der Waals surface area contributed by atoms with Crippen molar-refractivity contribution in [3.63, 3.8) is 0 Å². The number of nitro benzene ring substituents is 1. The highest BCUT2D eigenvalue weighted by atomic mass is 32.2. The second-order valence-electron chi connectivity index (χ2n) is 16.1. The quantitative estimate of drug-likeness (QED) is 0.0287. The third-order valence-corrected chi connectivity index (χ3v) is 11.7. The smallest absolute Gasteiger partial charge is 0.305 e. The molecule has 5 rings (SSSR count). The first-order valence-corrected chi connectivity index (χ1v) is 23.5. The predicted octanol–water partition coefficient (Wildman–Crippen LogP) is 0.939. The molecule has 23 heteroatoms. The molecule has 0 radical (unpaired) electrons. The highest BCUT2D eigenvalue weighted by molar-refractivity contribution is 7.98. The van der Waals surface area contributed by atoms with Crippen LogP contribution in [-0.2, 0) is 57.6 Å². The van der Waals surface area contributed by atoms with Gasteiger partial charge in [-0.1, -0.05) is 72.8 Å². The van der Waals surface area contributed by atoms with Crippen LogP contribution >= 0.6 is 11.8 Å². The predicted molar refractivity (Wildman–Crippen MR) is 263 cm³/mol. The summed E-state index contributed by atoms with van der Waals surface area (Å²) in [5, 5.41) is 44.7. The normalized spacial score (nSPS) is 13.1. The number of hydrogen-bond donors (Lipinski definition) is 10. The zero-order valence-corrected chi connectivity index (χ0v) is 39.2. The largest absolute Gasteiger partial charge is 0.508 e. The van der Waals surface area contributed by atoms with Gasteiger partial charge >= 0.3 is 5.97 Å². The monoisotopic (exact) mass is 994 g/mol. The van der Waals surface area contributed by atoms with Crippen LogP contribution in [0.15, 0.2) is 109 Å². The summed E-state index contributed by atoms with van der Waals surface area (Å²) in [6.45, 7) is -1.36. The fourth-order valence-corrected chi connectivity index (χ4v) is 7.91. The summed E-state index contributed by atoms with van der Waals surface area (Å²) in [5.74, 6) is -7.97. The molecule has 22 nitrogen and oxygen atoms in total. The molecule has 0 saturated carbocycles. The third-order valence-electron chi connectivity index (χ3n) is 11.0. The average molecular weight is 995 g/mol. The highest BCUT2D eigenvalue weighted by Gasteiger charge is 2.37. The van der Waals surface area contributed by atoms with Gasteiger partial charge in [0.25, 0.3) is 11.6 Å². The number of amides is 7. The van der Waals surface area contributed by atoms with Crippen LogP contribution in [-0.4, -0.2) is 123 Å². The molecular weight excluding hydrogens is 941 g/mol. The maximum Gasteiger partial charge on any atom is 0.305 e. The van der Waals surface area contributed by atoms with Crippen molar-refractivity contribution in [3.05, 3.63) is 136 Å². The van der Waals surface area contributed by atoms with Crippen LogP contribution < -0.4 is 43.0 Å². The van der Waals surface area contributed by atoms with Crippen molar-refractivity contribution in [3.8, 4) is 5.75 Å². The molecule has 0 spiro atoms. The molecule has 374 valence electrons. The van der Waals surface area contributed by atoms with E-state index in [1.807, 2.05) is 0 Å². The molecule has 0 saturated heterocycles. The first-order valence-electron chi connectivity index (χ1n) is 22.1. The number of phenolic OH excluding ortho intramolecular Hbond substituents is 1. The number of benzene rings is 4. The lowest BCUT2D eigenvalue weighted by atomic mass is 10.0. The summed E-state index contributed by atoms with van der Waals surface area (Å²) in [5.41, 5.74) is 13.1. The van der Waals surface area contributed by atoms with E-state index in [0.29, 0.717) is 21.6 Å². The molecule has 0 bridgehead atoms. The summed E-state index contributed by atoms with van der Waals surface area (Å²) in [4.78, 5) is 124. The lowest BCUT2D eigenvalue weighted by Gasteiger charge is -2.28. The highest BCUT2D eigenvalue weighted by Crippen LogP contribution is 2.29. The van der Waals surface area contributed by atoms with Gasteiger partial charge < -0.3 is 53.2 Å². The number of nitrogens with one attached hydrogen (secondary N) is 6. The number of thioether (sulfide) groups is 1. The number of nitro groups is 1. The molecule has 0 aliphatic heterocycles. The Hall–Kier alpha value is -8.15. The number of anilines is 1. The second kappa shape index (κ2) is 26.0. The van der Waals surface area contributed by atoms with Crippen LogP contribution in [0.5, 0.6) is 5.75 Å². The Morgan fingerprint density at radius 1 is 0.732 bits per heavy atom. The molecule has 71 heavy (non-hydrogen) atoms. The van der Waals surface area contributed by atoms with E-state index in [0.717, 1.165) is 23.0 Å². The maximum atomic E-state index is 14.4. The summed E-state index contributed by atoms with van der Waals surface area (Å²) >= 11 is 1.31. The number of nitrogens with two attached hydrogens (primary N) is 2. The van der Waals surface area contributed by atoms with Crippen LogP contribution in [0.2, 0.25) is 0 Å². The van der Waals surface area contributed by atoms with Crippen LogP contribution in [0.1, 0.15) is 29.5 Å². The van der Waals surface area contributed by atoms with E-state index in [2.05, 4.69) is 31.6 Å². The van der Waals surface area contributed by atoms with Crippen LogP contribution in [0, 0.1) is 10.1 Å². The Balaban J connectivity index is 1.37. The van der Waals surface area contributed by atoms with Gasteiger partial charge in [-0.25, -0.2) is 4.90 Å². The molecule has 1 aromatic heterocycles. The van der Waals surface area contributed by atoms with Crippen molar-refractivity contribution in [2.75, 3.05) is 30.0 Å². The second-order valence-corrected chi connectivity index (χ2v) is 17.1. The minimum Gasteiger partial charge on any atom is -0.508 e. The number of carbonyl (C=O) groups is 8. The summed E-state index contributed by atoms with van der Waals surface area (Å²) in [6.07, 6.45) is 1.99. The number of aromatic hydroxyl groups is 1. The summed E-state index contributed by atoms with van der Waals surface area (Å²) < 4.78 is 0. The zero-order chi connectivity index (χ0) is 51.6. The number of aromatic nitrogens is 1. The average Bonchev–Trinajstić information content (AvgIpc) is 3.76. The number of H-pyrrole nitrogens is 1. The zero-order valence-electron chi connectivity index (χ0n) is 38.4. The molecule has 0 fully saturated rings. The number of carboxylic acids is 1. The maximum absolute atomic E-state index is 14.4. The lowest BCUT2D eigenvalue weighted by molar-refractivity contribution is -0.384. The Morgan fingerprint density at radius 3 is 2.01 bits per heavy atom. The van der Waals surface area contributed by atoms with Crippen molar-refractivity contribution in [1.29, 1.82) is 0 Å². The summed E-state index contributed by atoms with van der Waals surface area (Å²) in [7, 11) is 0. The van der Waals surface area contributed by atoms with Gasteiger partial charge in [0.15, 0.2) is 0 Å². The third kappa shape index (κ3) is 15.4. The first kappa shape index (κ1) is 53.8. The molecule has 7 amide bonds. The van der Waals surface area contributed by atoms with Crippen molar-refractivity contribution in [2.45, 2.75) is 62.3 Å². The lowest BCUT2D eigenvalue weighted by Crippen LogP contribution is -2.60. The van der Waals surface area contributed by atoms with Gasteiger partial charge in [0, 0.05) is 36.0 Å². The Kier molecular flexibility index (Phi) is 19.7. The number of nitrogens with zero attached hydrogens (tertiary/aromatic N) is 2. The molecule has 0 aliphatic rings. The van der Waals surface area contributed by atoms with Crippen molar-refractivity contribution in [2.24, 2.45) is 11.5 Å². The number of aliphatic carboxylic acids is 1. The SMILES string of the molecule is CSCC[C@H](NC(=O)[C@H](Cc1c[nH]c2ccccc12)NC(=O)CNC(=O)[C@@H](N)Cc1ccc(O)cc1)C(=O)N[C@@H](CC(=O)O)C(=O)N[C@@H](Cc1ccccc1)C(=O)N(C(=O)CN)c1ccccc1[N+](=O)[O-]. The molecule has 4 aromatic carbocycles. The van der Waals surface area contributed by atoms with Crippen LogP contribution in [0.4, 0.5) is 11.4 Å². The number of para-hydroxylation sites is 3. The number of hydrogen-bond acceptors (Lipinski definition) is 14. The fourth-order valence-electron chi connectivity index (χ4n) is 7.44.